The minimum absolute atomic E-state index is 0.260. The molecule has 134 valence electrons. The van der Waals surface area contributed by atoms with Gasteiger partial charge in [-0.05, 0) is 69.5 Å². The number of halogens is 1. The van der Waals surface area contributed by atoms with Gasteiger partial charge in [-0.15, -0.1) is 10.2 Å². The second-order valence-electron chi connectivity index (χ2n) is 5.58. The summed E-state index contributed by atoms with van der Waals surface area (Å²) in [6.45, 7) is 0. The number of rotatable bonds is 6. The van der Waals surface area contributed by atoms with Gasteiger partial charge in [0.25, 0.3) is 0 Å². The van der Waals surface area contributed by atoms with Crippen molar-refractivity contribution in [1.29, 1.82) is 0 Å². The lowest BCUT2D eigenvalue weighted by Crippen LogP contribution is -2.37. The first-order valence-electron chi connectivity index (χ1n) is 7.79. The Balaban J connectivity index is 1.61. The van der Waals surface area contributed by atoms with Gasteiger partial charge in [-0.2, -0.15) is 5.21 Å². The maximum absolute atomic E-state index is 12.3. The first-order valence-corrected chi connectivity index (χ1v) is 8.59. The second-order valence-corrected chi connectivity index (χ2v) is 6.44. The average molecular weight is 417 g/mol. The lowest BCUT2D eigenvalue weighted by molar-refractivity contribution is -0.117. The molecule has 1 aromatic heterocycles. The maximum Gasteiger partial charge on any atom is 0.241 e. The van der Waals surface area contributed by atoms with Gasteiger partial charge >= 0.3 is 0 Å². The van der Waals surface area contributed by atoms with Crippen molar-refractivity contribution < 1.29 is 9.53 Å². The Morgan fingerprint density at radius 2 is 2.08 bits per heavy atom. The molecule has 1 heterocycles. The van der Waals surface area contributed by atoms with Crippen molar-refractivity contribution >= 4 is 27.5 Å². The highest BCUT2D eigenvalue weighted by atomic mass is 79.9. The van der Waals surface area contributed by atoms with Crippen molar-refractivity contribution in [3.8, 4) is 17.1 Å². The summed E-state index contributed by atoms with van der Waals surface area (Å²) in [4.78, 5) is 12.3. The van der Waals surface area contributed by atoms with Crippen molar-refractivity contribution in [2.75, 3.05) is 12.4 Å². The number of aromatic nitrogens is 4. The van der Waals surface area contributed by atoms with Gasteiger partial charge in [0.05, 0.1) is 17.6 Å². The molecule has 26 heavy (non-hydrogen) atoms. The molecule has 1 atom stereocenters. The number of nitrogens with one attached hydrogen (secondary N) is 2. The molecule has 9 heteroatoms. The number of amides is 1. The van der Waals surface area contributed by atoms with E-state index in [-0.39, 0.29) is 5.91 Å². The summed E-state index contributed by atoms with van der Waals surface area (Å²) in [7, 11) is 1.60. The fraction of sp³-hybridized carbons (Fsp3) is 0.176. The summed E-state index contributed by atoms with van der Waals surface area (Å²) in [6.07, 6.45) is 0.412. The Bertz CT molecular complexity index is 883. The molecule has 0 aliphatic carbocycles. The van der Waals surface area contributed by atoms with E-state index >= 15 is 0 Å². The number of anilines is 1. The zero-order valence-corrected chi connectivity index (χ0v) is 15.5. The number of carbonyl (C=O) groups excluding carboxylic acids is 1. The number of nitrogens with two attached hydrogens (primary N) is 1. The third-order valence-electron chi connectivity index (χ3n) is 3.76. The van der Waals surface area contributed by atoms with Crippen LogP contribution in [-0.2, 0) is 11.2 Å². The van der Waals surface area contributed by atoms with E-state index < -0.39 is 6.04 Å². The van der Waals surface area contributed by atoms with Gasteiger partial charge in [0, 0.05) is 11.3 Å². The normalized spacial score (nSPS) is 11.8. The van der Waals surface area contributed by atoms with Crippen molar-refractivity contribution in [3.05, 3.63) is 52.5 Å². The highest BCUT2D eigenvalue weighted by Gasteiger charge is 2.15. The molecule has 3 rings (SSSR count). The molecule has 2 aromatic carbocycles. The van der Waals surface area contributed by atoms with Gasteiger partial charge < -0.3 is 15.8 Å². The van der Waals surface area contributed by atoms with Crippen molar-refractivity contribution in [1.82, 2.24) is 20.6 Å². The maximum atomic E-state index is 12.3. The van der Waals surface area contributed by atoms with Crippen LogP contribution in [0.2, 0.25) is 0 Å². The van der Waals surface area contributed by atoms with Crippen LogP contribution < -0.4 is 15.8 Å². The molecule has 0 fully saturated rings. The number of aromatic amines is 1. The van der Waals surface area contributed by atoms with E-state index in [2.05, 4.69) is 41.9 Å². The van der Waals surface area contributed by atoms with Crippen LogP contribution in [0.1, 0.15) is 5.56 Å². The number of benzene rings is 2. The largest absolute Gasteiger partial charge is 0.496 e. The summed E-state index contributed by atoms with van der Waals surface area (Å²) in [5.74, 6) is 0.961. The number of ether oxygens (including phenoxy) is 1. The predicted octanol–water partition coefficient (Wildman–Crippen LogP) is 2.15. The average Bonchev–Trinajstić information content (AvgIpc) is 3.17. The number of carbonyl (C=O) groups is 1. The minimum atomic E-state index is -0.674. The van der Waals surface area contributed by atoms with Crippen LogP contribution in [0.4, 0.5) is 5.69 Å². The van der Waals surface area contributed by atoms with E-state index in [0.717, 1.165) is 21.3 Å². The third-order valence-corrected chi connectivity index (χ3v) is 4.38. The van der Waals surface area contributed by atoms with Crippen LogP contribution in [-0.4, -0.2) is 39.7 Å². The standard InChI is InChI=1S/C17H17BrN6O2/c1-26-15-7-2-10(8-13(15)18)9-14(19)17(25)20-12-5-3-11(4-6-12)16-21-23-24-22-16/h2-8,14H,9,19H2,1H3,(H,20,25)(H,21,22,23,24)/t14-/m0/s1. The number of nitrogens with zero attached hydrogens (tertiary/aromatic N) is 3. The summed E-state index contributed by atoms with van der Waals surface area (Å²) < 4.78 is 6.02. The molecular formula is C17H17BrN6O2. The molecular weight excluding hydrogens is 400 g/mol. The number of methoxy groups -OCH3 is 1. The smallest absolute Gasteiger partial charge is 0.241 e. The summed E-state index contributed by atoms with van der Waals surface area (Å²) in [5.41, 5.74) is 8.41. The van der Waals surface area contributed by atoms with Gasteiger partial charge in [0.15, 0.2) is 0 Å². The van der Waals surface area contributed by atoms with Gasteiger partial charge in [-0.3, -0.25) is 4.79 Å². The second kappa shape index (κ2) is 8.07. The highest BCUT2D eigenvalue weighted by molar-refractivity contribution is 9.10. The van der Waals surface area contributed by atoms with Crippen LogP contribution in [0.5, 0.6) is 5.75 Å². The molecule has 4 N–H and O–H groups in total. The first-order chi connectivity index (χ1) is 12.6. The predicted molar refractivity (Wildman–Crippen MR) is 101 cm³/mol. The molecule has 0 aliphatic rings. The van der Waals surface area contributed by atoms with E-state index in [1.165, 1.54) is 0 Å². The summed E-state index contributed by atoms with van der Waals surface area (Å²) in [5, 5.41) is 16.5. The van der Waals surface area contributed by atoms with Crippen LogP contribution in [0.3, 0.4) is 0 Å². The first kappa shape index (κ1) is 18.0. The van der Waals surface area contributed by atoms with Gasteiger partial charge in [-0.1, -0.05) is 6.07 Å². The fourth-order valence-corrected chi connectivity index (χ4v) is 2.99. The monoisotopic (exact) mass is 416 g/mol. The van der Waals surface area contributed by atoms with Crippen molar-refractivity contribution in [2.45, 2.75) is 12.5 Å². The van der Waals surface area contributed by atoms with Crippen LogP contribution in [0.15, 0.2) is 46.9 Å². The van der Waals surface area contributed by atoms with Crippen LogP contribution in [0.25, 0.3) is 11.4 Å². The van der Waals surface area contributed by atoms with E-state index in [1.54, 1.807) is 31.4 Å². The molecule has 0 aliphatic heterocycles. The fourth-order valence-electron chi connectivity index (χ4n) is 2.41. The minimum Gasteiger partial charge on any atom is -0.496 e. The Morgan fingerprint density at radius 1 is 1.31 bits per heavy atom. The molecule has 0 saturated carbocycles. The van der Waals surface area contributed by atoms with E-state index in [0.29, 0.717) is 17.9 Å². The lowest BCUT2D eigenvalue weighted by atomic mass is 10.1. The van der Waals surface area contributed by atoms with E-state index in [9.17, 15) is 4.79 Å². The quantitative estimate of drug-likeness (QED) is 0.566. The molecule has 8 nitrogen and oxygen atoms in total. The summed E-state index contributed by atoms with van der Waals surface area (Å²) in [6, 6.07) is 12.1. The number of hydrogen-bond donors (Lipinski definition) is 3. The molecule has 3 aromatic rings. The van der Waals surface area contributed by atoms with Gasteiger partial charge in [-0.25, -0.2) is 0 Å². The summed E-state index contributed by atoms with van der Waals surface area (Å²) >= 11 is 3.43. The number of tetrazole rings is 1. The Hall–Kier alpha value is -2.78. The van der Waals surface area contributed by atoms with Crippen molar-refractivity contribution in [3.63, 3.8) is 0 Å². The Kier molecular flexibility index (Phi) is 5.59. The van der Waals surface area contributed by atoms with Gasteiger partial charge in [0.1, 0.15) is 5.75 Å². The molecule has 0 saturated heterocycles. The molecule has 1 amide bonds. The third kappa shape index (κ3) is 4.24. The lowest BCUT2D eigenvalue weighted by Gasteiger charge is -2.13. The van der Waals surface area contributed by atoms with Crippen molar-refractivity contribution in [2.24, 2.45) is 5.73 Å². The topological polar surface area (TPSA) is 119 Å². The van der Waals surface area contributed by atoms with E-state index in [4.69, 9.17) is 10.5 Å². The van der Waals surface area contributed by atoms with E-state index in [1.807, 2.05) is 18.2 Å². The highest BCUT2D eigenvalue weighted by Crippen LogP contribution is 2.26. The SMILES string of the molecule is COc1ccc(C[C@H](N)C(=O)Nc2ccc(-c3nn[nH]n3)cc2)cc1Br. The molecule has 0 spiro atoms. The van der Waals surface area contributed by atoms with Gasteiger partial charge in [0.2, 0.25) is 11.7 Å². The molecule has 0 radical (unpaired) electrons. The van der Waals surface area contributed by atoms with Crippen LogP contribution in [0, 0.1) is 0 Å². The van der Waals surface area contributed by atoms with Crippen LogP contribution >= 0.6 is 15.9 Å². The Labute approximate surface area is 158 Å². The Morgan fingerprint density at radius 3 is 2.69 bits per heavy atom. The number of H-pyrrole nitrogens is 1. The molecule has 0 bridgehead atoms. The number of hydrogen-bond acceptors (Lipinski definition) is 6. The molecule has 0 unspecified atom stereocenters. The zero-order chi connectivity index (χ0) is 18.5. The zero-order valence-electron chi connectivity index (χ0n) is 13.9.